The maximum absolute atomic E-state index is 12.1. The molecule has 2 N–H and O–H groups in total. The molecule has 0 atom stereocenters. The molecule has 1 saturated carbocycles. The van der Waals surface area contributed by atoms with Crippen LogP contribution in [0.2, 0.25) is 5.02 Å². The smallest absolute Gasteiger partial charge is 0.273 e. The van der Waals surface area contributed by atoms with Crippen LogP contribution in [0.5, 0.6) is 5.75 Å². The molecule has 0 spiro atoms. The summed E-state index contributed by atoms with van der Waals surface area (Å²) in [5.74, 6) is -0.188. The van der Waals surface area contributed by atoms with Gasteiger partial charge >= 0.3 is 0 Å². The van der Waals surface area contributed by atoms with Crippen molar-refractivity contribution in [3.8, 4) is 5.75 Å². The molecule has 114 valence electrons. The SMILES string of the molecule is COc1ccc(Cl)cc1C(=O)NNC(=O)C1CCCCC1. The molecule has 0 unspecified atom stereocenters. The molecule has 1 aromatic carbocycles. The van der Waals surface area contributed by atoms with Crippen molar-refractivity contribution in [2.75, 3.05) is 7.11 Å². The van der Waals surface area contributed by atoms with Crippen LogP contribution in [0, 0.1) is 5.92 Å². The second-order valence-corrected chi connectivity index (χ2v) is 5.56. The van der Waals surface area contributed by atoms with E-state index in [0.717, 1.165) is 25.7 Å². The molecule has 21 heavy (non-hydrogen) atoms. The Morgan fingerprint density at radius 1 is 1.19 bits per heavy atom. The molecule has 2 rings (SSSR count). The third-order valence-corrected chi connectivity index (χ3v) is 3.92. The van der Waals surface area contributed by atoms with Crippen LogP contribution in [0.4, 0.5) is 0 Å². The zero-order chi connectivity index (χ0) is 15.2. The van der Waals surface area contributed by atoms with Crippen molar-refractivity contribution in [2.45, 2.75) is 32.1 Å². The number of methoxy groups -OCH3 is 1. The number of amides is 2. The fourth-order valence-corrected chi connectivity index (χ4v) is 2.68. The Morgan fingerprint density at radius 2 is 1.90 bits per heavy atom. The summed E-state index contributed by atoms with van der Waals surface area (Å²) >= 11 is 5.88. The highest BCUT2D eigenvalue weighted by atomic mass is 35.5. The summed E-state index contributed by atoms with van der Waals surface area (Å²) < 4.78 is 5.11. The van der Waals surface area contributed by atoms with E-state index in [2.05, 4.69) is 10.9 Å². The fourth-order valence-electron chi connectivity index (χ4n) is 2.51. The number of ether oxygens (including phenoxy) is 1. The number of rotatable bonds is 3. The van der Waals surface area contributed by atoms with Crippen LogP contribution in [0.15, 0.2) is 18.2 Å². The van der Waals surface area contributed by atoms with Crippen LogP contribution in [-0.4, -0.2) is 18.9 Å². The predicted molar refractivity (Wildman–Crippen MR) is 80.2 cm³/mol. The first-order valence-corrected chi connectivity index (χ1v) is 7.43. The molecule has 1 aliphatic rings. The van der Waals surface area contributed by atoms with Gasteiger partial charge in [0.1, 0.15) is 5.75 Å². The Bertz CT molecular complexity index is 528. The van der Waals surface area contributed by atoms with Gasteiger partial charge in [-0.15, -0.1) is 0 Å². The Balaban J connectivity index is 1.95. The van der Waals surface area contributed by atoms with Gasteiger partial charge in [-0.1, -0.05) is 30.9 Å². The molecule has 0 radical (unpaired) electrons. The van der Waals surface area contributed by atoms with E-state index in [1.807, 2.05) is 0 Å². The van der Waals surface area contributed by atoms with Crippen molar-refractivity contribution in [3.05, 3.63) is 28.8 Å². The lowest BCUT2D eigenvalue weighted by atomic mass is 9.89. The van der Waals surface area contributed by atoms with Gasteiger partial charge in [0.2, 0.25) is 5.91 Å². The van der Waals surface area contributed by atoms with Crippen molar-refractivity contribution in [1.82, 2.24) is 10.9 Å². The molecule has 6 heteroatoms. The van der Waals surface area contributed by atoms with E-state index in [9.17, 15) is 9.59 Å². The average molecular weight is 311 g/mol. The van der Waals surface area contributed by atoms with Crippen molar-refractivity contribution < 1.29 is 14.3 Å². The van der Waals surface area contributed by atoms with Gasteiger partial charge < -0.3 is 4.74 Å². The van der Waals surface area contributed by atoms with Gasteiger partial charge in [0.15, 0.2) is 0 Å². The summed E-state index contributed by atoms with van der Waals surface area (Å²) in [5, 5.41) is 0.430. The second kappa shape index (κ2) is 7.31. The first kappa shape index (κ1) is 15.6. The van der Waals surface area contributed by atoms with E-state index in [1.54, 1.807) is 12.1 Å². The zero-order valence-electron chi connectivity index (χ0n) is 11.9. The summed E-state index contributed by atoms with van der Waals surface area (Å²) in [6.45, 7) is 0. The first-order chi connectivity index (χ1) is 10.1. The van der Waals surface area contributed by atoms with Gasteiger partial charge in [-0.3, -0.25) is 20.4 Å². The Labute approximate surface area is 129 Å². The quantitative estimate of drug-likeness (QED) is 0.844. The summed E-state index contributed by atoms with van der Waals surface area (Å²) in [5.41, 5.74) is 5.19. The fraction of sp³-hybridized carbons (Fsp3) is 0.467. The summed E-state index contributed by atoms with van der Waals surface area (Å²) in [4.78, 5) is 24.1. The number of nitrogens with one attached hydrogen (secondary N) is 2. The van der Waals surface area contributed by atoms with Gasteiger partial charge in [-0.25, -0.2) is 0 Å². The molecule has 2 amide bonds. The van der Waals surface area contributed by atoms with Crippen molar-refractivity contribution >= 4 is 23.4 Å². The molecule has 0 bridgehead atoms. The van der Waals surface area contributed by atoms with Gasteiger partial charge in [-0.2, -0.15) is 0 Å². The van der Waals surface area contributed by atoms with E-state index in [-0.39, 0.29) is 17.4 Å². The van der Waals surface area contributed by atoms with E-state index < -0.39 is 5.91 Å². The van der Waals surface area contributed by atoms with E-state index in [1.165, 1.54) is 19.6 Å². The minimum atomic E-state index is -0.446. The number of benzene rings is 1. The maximum Gasteiger partial charge on any atom is 0.273 e. The van der Waals surface area contributed by atoms with Crippen LogP contribution in [0.1, 0.15) is 42.5 Å². The summed E-state index contributed by atoms with van der Waals surface area (Å²) in [7, 11) is 1.47. The monoisotopic (exact) mass is 310 g/mol. The normalized spacial score (nSPS) is 15.3. The highest BCUT2D eigenvalue weighted by Crippen LogP contribution is 2.24. The van der Waals surface area contributed by atoms with E-state index in [4.69, 9.17) is 16.3 Å². The Hall–Kier alpha value is -1.75. The molecule has 1 aromatic rings. The Morgan fingerprint density at radius 3 is 2.57 bits per heavy atom. The van der Waals surface area contributed by atoms with Gasteiger partial charge in [-0.05, 0) is 31.0 Å². The lowest BCUT2D eigenvalue weighted by Crippen LogP contribution is -2.45. The van der Waals surface area contributed by atoms with Crippen molar-refractivity contribution in [1.29, 1.82) is 0 Å². The number of hydrazine groups is 1. The highest BCUT2D eigenvalue weighted by molar-refractivity contribution is 6.31. The van der Waals surface area contributed by atoms with Crippen LogP contribution < -0.4 is 15.6 Å². The molecule has 1 aliphatic carbocycles. The third kappa shape index (κ3) is 4.11. The maximum atomic E-state index is 12.1. The van der Waals surface area contributed by atoms with Crippen LogP contribution in [0.25, 0.3) is 0 Å². The minimum absolute atomic E-state index is 0.0136. The van der Waals surface area contributed by atoms with Gasteiger partial charge in [0.05, 0.1) is 12.7 Å². The molecular weight excluding hydrogens is 292 g/mol. The molecule has 5 nitrogen and oxygen atoms in total. The number of halogens is 1. The largest absolute Gasteiger partial charge is 0.496 e. The van der Waals surface area contributed by atoms with Crippen LogP contribution >= 0.6 is 11.6 Å². The van der Waals surface area contributed by atoms with E-state index in [0.29, 0.717) is 10.8 Å². The highest BCUT2D eigenvalue weighted by Gasteiger charge is 2.22. The van der Waals surface area contributed by atoms with Gasteiger partial charge in [0, 0.05) is 10.9 Å². The second-order valence-electron chi connectivity index (χ2n) is 5.12. The molecule has 0 saturated heterocycles. The van der Waals surface area contributed by atoms with Crippen LogP contribution in [0.3, 0.4) is 0 Å². The number of carbonyl (C=O) groups excluding carboxylic acids is 2. The minimum Gasteiger partial charge on any atom is -0.496 e. The van der Waals surface area contributed by atoms with Gasteiger partial charge in [0.25, 0.3) is 5.91 Å². The lowest BCUT2D eigenvalue weighted by Gasteiger charge is -2.21. The van der Waals surface area contributed by atoms with Crippen molar-refractivity contribution in [3.63, 3.8) is 0 Å². The summed E-state index contributed by atoms with van der Waals surface area (Å²) in [6.07, 6.45) is 5.06. The lowest BCUT2D eigenvalue weighted by molar-refractivity contribution is -0.126. The standard InChI is InChI=1S/C15H19ClN2O3/c1-21-13-8-7-11(16)9-12(13)15(20)18-17-14(19)10-5-3-2-4-6-10/h7-10H,2-6H2,1H3,(H,17,19)(H,18,20). The molecule has 0 heterocycles. The average Bonchev–Trinajstić information content (AvgIpc) is 2.53. The number of carbonyl (C=O) groups is 2. The van der Waals surface area contributed by atoms with Crippen LogP contribution in [-0.2, 0) is 4.79 Å². The topological polar surface area (TPSA) is 67.4 Å². The first-order valence-electron chi connectivity index (χ1n) is 7.05. The Kier molecular flexibility index (Phi) is 5.44. The number of hydrogen-bond acceptors (Lipinski definition) is 3. The number of hydrogen-bond donors (Lipinski definition) is 2. The molecule has 0 aromatic heterocycles. The van der Waals surface area contributed by atoms with Crippen molar-refractivity contribution in [2.24, 2.45) is 5.92 Å². The van der Waals surface area contributed by atoms with E-state index >= 15 is 0 Å². The molecule has 0 aliphatic heterocycles. The predicted octanol–water partition coefficient (Wildman–Crippen LogP) is 2.69. The molecule has 1 fully saturated rings. The zero-order valence-corrected chi connectivity index (χ0v) is 12.7. The third-order valence-electron chi connectivity index (χ3n) is 3.68. The molecular formula is C15H19ClN2O3. The summed E-state index contributed by atoms with van der Waals surface area (Å²) in [6, 6.07) is 4.75.